The van der Waals surface area contributed by atoms with Crippen LogP contribution in [-0.4, -0.2) is 59.8 Å². The lowest BCUT2D eigenvalue weighted by Crippen LogP contribution is -2.15. The molecule has 0 bridgehead atoms. The number of fused-ring (bicyclic) bond motifs is 13. The number of aromatic nitrogens is 12. The van der Waals surface area contributed by atoms with E-state index in [1.54, 1.807) is 0 Å². The predicted octanol–water partition coefficient (Wildman–Crippen LogP) is 32.0. The highest BCUT2D eigenvalue weighted by Crippen LogP contribution is 2.55. The van der Waals surface area contributed by atoms with Gasteiger partial charge in [0.1, 0.15) is 0 Å². The van der Waals surface area contributed by atoms with Gasteiger partial charge in [-0.3, -0.25) is 15.0 Å². The monoisotopic (exact) mass is 1830 g/mol. The van der Waals surface area contributed by atoms with Gasteiger partial charge in [-0.25, -0.2) is 44.9 Å². The van der Waals surface area contributed by atoms with Crippen LogP contribution in [0.2, 0.25) is 0 Å². The van der Waals surface area contributed by atoms with Gasteiger partial charge in [0.2, 0.25) is 0 Å². The summed E-state index contributed by atoms with van der Waals surface area (Å²) in [6, 6.07) is 153. The number of hydrogen-bond acceptors (Lipinski definition) is 12. The molecule has 23 aromatic rings. The van der Waals surface area contributed by atoms with Gasteiger partial charge in [-0.15, -0.1) is 0 Å². The van der Waals surface area contributed by atoms with Crippen LogP contribution in [-0.2, 0) is 16.2 Å². The number of pyridine rings is 3. The number of rotatable bonds is 15. The molecule has 3 aliphatic rings. The Morgan fingerprint density at radius 1 is 0.168 bits per heavy atom. The minimum Gasteiger partial charge on any atom is -0.265 e. The van der Waals surface area contributed by atoms with Crippen LogP contribution in [0.4, 0.5) is 0 Å². The van der Waals surface area contributed by atoms with Crippen molar-refractivity contribution in [3.05, 3.63) is 495 Å². The maximum Gasteiger partial charge on any atom is 0.165 e. The molecule has 6 heterocycles. The molecule has 0 spiro atoms. The van der Waals surface area contributed by atoms with Crippen LogP contribution in [0.15, 0.2) is 462 Å². The maximum absolute atomic E-state index is 4.99. The third kappa shape index (κ3) is 16.7. The van der Waals surface area contributed by atoms with Crippen LogP contribution in [0, 0.1) is 0 Å². The van der Waals surface area contributed by atoms with Crippen LogP contribution in [0.3, 0.4) is 0 Å². The van der Waals surface area contributed by atoms with Crippen molar-refractivity contribution in [1.82, 2.24) is 59.8 Å². The maximum atomic E-state index is 4.99. The molecular weight excluding hydrogens is 1740 g/mol. The Hall–Kier alpha value is -18.3. The zero-order valence-corrected chi connectivity index (χ0v) is 79.7. The lowest BCUT2D eigenvalue weighted by molar-refractivity contribution is 0.660. The normalized spacial score (nSPS) is 12.9. The van der Waals surface area contributed by atoms with Crippen LogP contribution >= 0.6 is 0 Å². The summed E-state index contributed by atoms with van der Waals surface area (Å²) in [5, 5.41) is 5.22. The van der Waals surface area contributed by atoms with E-state index >= 15 is 0 Å². The molecule has 0 fully saturated rings. The van der Waals surface area contributed by atoms with Crippen molar-refractivity contribution in [3.8, 4) is 203 Å². The molecule has 17 aromatic carbocycles. The first-order valence-electron chi connectivity index (χ1n) is 48.5. The molecule has 0 amide bonds. The fourth-order valence-electron chi connectivity index (χ4n) is 20.8. The van der Waals surface area contributed by atoms with Crippen molar-refractivity contribution >= 4 is 21.5 Å². The number of hydrogen-bond donors (Lipinski definition) is 0. The van der Waals surface area contributed by atoms with E-state index < -0.39 is 0 Å². The predicted molar refractivity (Wildman–Crippen MR) is 582 cm³/mol. The summed E-state index contributed by atoms with van der Waals surface area (Å²) in [6.07, 6.45) is 7.27. The summed E-state index contributed by atoms with van der Waals surface area (Å²) >= 11 is 0. The molecule has 0 aliphatic heterocycles. The topological polar surface area (TPSA) is 155 Å². The number of nitrogens with zero attached hydrogens (tertiary/aromatic N) is 12. The van der Waals surface area contributed by atoms with Gasteiger partial charge in [0, 0.05) is 102 Å². The zero-order valence-electron chi connectivity index (χ0n) is 79.7. The largest absolute Gasteiger partial charge is 0.265 e. The van der Waals surface area contributed by atoms with Crippen LogP contribution in [0.1, 0.15) is 74.9 Å². The van der Waals surface area contributed by atoms with Gasteiger partial charge in [0.25, 0.3) is 0 Å². The molecule has 0 unspecified atom stereocenters. The van der Waals surface area contributed by atoms with Gasteiger partial charge in [-0.05, 0) is 187 Å². The van der Waals surface area contributed by atoms with Crippen LogP contribution < -0.4 is 0 Å². The Morgan fingerprint density at radius 2 is 0.483 bits per heavy atom. The molecule has 3 aliphatic carbocycles. The highest BCUT2D eigenvalue weighted by atomic mass is 15.1. The highest BCUT2D eigenvalue weighted by molar-refractivity contribution is 6.03. The second kappa shape index (κ2) is 36.6. The van der Waals surface area contributed by atoms with E-state index in [-0.39, 0.29) is 16.2 Å². The molecule has 143 heavy (non-hydrogen) atoms. The fraction of sp³-hybridized carbons (Fsp3) is 0.0687. The molecule has 678 valence electrons. The molecule has 0 radical (unpaired) electrons. The smallest absolute Gasteiger partial charge is 0.165 e. The molecule has 0 saturated heterocycles. The molecular formula is C131H94N12. The molecule has 0 saturated carbocycles. The SMILES string of the molecule is CC1(C)c2cc(-c3ccc(-c4nc(-c5ccccc5)nc(-c5ccc(-c6ccccc6)nc5)n4)cc3)ccc2-c2ccc3ccccc3c21.CC1(C)c2cc(-c3ccc(-c4nc(-c5ccccc5)nc(-c5ccc(-c6ccncc6)cc5)n4)cc3)ccc2-c2c1ccc1ccccc21.CC1(C)c2ccccc2-c2cc(-c3ccc(-c4nc(-c5ccccc5)nc(-c5ccc(-c6ccccn6)cc5)n4)cc3)ccc21. The average Bonchev–Trinajstić information content (AvgIpc) is 1.56. The van der Waals surface area contributed by atoms with Crippen molar-refractivity contribution in [2.45, 2.75) is 57.8 Å². The van der Waals surface area contributed by atoms with Gasteiger partial charge >= 0.3 is 0 Å². The molecule has 0 N–H and O–H groups in total. The lowest BCUT2D eigenvalue weighted by Gasteiger charge is -2.23. The lowest BCUT2D eigenvalue weighted by atomic mass is 9.79. The summed E-state index contributed by atoms with van der Waals surface area (Å²) in [4.78, 5) is 57.8. The summed E-state index contributed by atoms with van der Waals surface area (Å²) in [5.41, 5.74) is 37.7. The van der Waals surface area contributed by atoms with Gasteiger partial charge in [0.05, 0.1) is 11.4 Å². The van der Waals surface area contributed by atoms with Crippen LogP contribution in [0.5, 0.6) is 0 Å². The van der Waals surface area contributed by atoms with E-state index in [0.29, 0.717) is 52.4 Å². The Labute approximate surface area is 831 Å². The molecule has 26 rings (SSSR count). The van der Waals surface area contributed by atoms with Crippen molar-refractivity contribution in [1.29, 1.82) is 0 Å². The summed E-state index contributed by atoms with van der Waals surface area (Å²) in [7, 11) is 0. The second-order valence-corrected chi connectivity index (χ2v) is 38.3. The Bertz CT molecular complexity index is 8750. The van der Waals surface area contributed by atoms with Crippen LogP contribution in [0.25, 0.3) is 224 Å². The third-order valence-corrected chi connectivity index (χ3v) is 28.5. The van der Waals surface area contributed by atoms with Gasteiger partial charge in [-0.1, -0.05) is 424 Å². The summed E-state index contributed by atoms with van der Waals surface area (Å²) in [6.45, 7) is 14.0. The van der Waals surface area contributed by atoms with E-state index in [2.05, 4.69) is 324 Å². The van der Waals surface area contributed by atoms with E-state index in [0.717, 1.165) is 100 Å². The quantitative estimate of drug-likeness (QED) is 0.0959. The first kappa shape index (κ1) is 87.5. The second-order valence-electron chi connectivity index (χ2n) is 38.3. The van der Waals surface area contributed by atoms with Crippen molar-refractivity contribution < 1.29 is 0 Å². The standard InChI is InChI=1S/2C45H32N4.C41H30N4/c1-45(2)39-27-34(22-24-37(39)38-25-21-30-11-9-10-16-36(30)41(38)45)29-17-19-33(20-18-29)43-47-42(32-14-7-4-8-15-32)48-44(49-43)35-23-26-40(46-28-35)31-12-5-3-6-13-31;1-45(2)39-23-21-32-8-6-7-11-37(32)41(39)38-22-20-36(28-40(38)45)30-14-18-35(19-15-30)44-48-42(33-9-4-3-5-10-33)47-43(49-44)34-16-12-29(13-17-34)31-24-26-46-27-25-31;1-41(2)35-13-7-6-12-33(35)34-26-32(23-24-36(34)41)27-15-19-30(20-16-27)39-43-38(29-10-4-3-5-11-29)44-40(45-39)31-21-17-28(18-22-31)37-14-8-9-25-42-37/h2*3-28H,1-2H3;3-26H,1-2H3. The van der Waals surface area contributed by atoms with Crippen molar-refractivity contribution in [3.63, 3.8) is 0 Å². The highest BCUT2D eigenvalue weighted by Gasteiger charge is 2.40. The van der Waals surface area contributed by atoms with E-state index in [1.807, 2.05) is 189 Å². The minimum absolute atomic E-state index is 0.0000771. The fourth-order valence-corrected chi connectivity index (χ4v) is 20.8. The van der Waals surface area contributed by atoms with E-state index in [9.17, 15) is 0 Å². The third-order valence-electron chi connectivity index (χ3n) is 28.5. The number of benzene rings is 17. The van der Waals surface area contributed by atoms with Gasteiger partial charge in [-0.2, -0.15) is 0 Å². The summed E-state index contributed by atoms with van der Waals surface area (Å²) < 4.78 is 0. The zero-order chi connectivity index (χ0) is 96.3. The first-order chi connectivity index (χ1) is 70.1. The van der Waals surface area contributed by atoms with E-state index in [1.165, 1.54) is 105 Å². The Kier molecular flexibility index (Phi) is 22.4. The van der Waals surface area contributed by atoms with Gasteiger partial charge in [0.15, 0.2) is 52.4 Å². The first-order valence-corrected chi connectivity index (χ1v) is 48.5. The molecule has 6 aromatic heterocycles. The molecule has 0 atom stereocenters. The molecule has 12 heteroatoms. The minimum atomic E-state index is -0.106. The van der Waals surface area contributed by atoms with Crippen molar-refractivity contribution in [2.75, 3.05) is 0 Å². The van der Waals surface area contributed by atoms with E-state index in [4.69, 9.17) is 49.8 Å². The Balaban J connectivity index is 0.000000116. The average molecular weight is 1840 g/mol. The Morgan fingerprint density at radius 3 is 0.965 bits per heavy atom. The van der Waals surface area contributed by atoms with Crippen molar-refractivity contribution in [2.24, 2.45) is 0 Å². The molecule has 12 nitrogen and oxygen atoms in total. The van der Waals surface area contributed by atoms with Gasteiger partial charge < -0.3 is 0 Å². The summed E-state index contributed by atoms with van der Waals surface area (Å²) in [5.74, 6) is 5.70.